The highest BCUT2D eigenvalue weighted by molar-refractivity contribution is 5.89. The minimum absolute atomic E-state index is 0.0766. The van der Waals surface area contributed by atoms with Crippen LogP contribution in [-0.2, 0) is 5.60 Å². The number of alkyl halides is 3. The molecule has 0 bridgehead atoms. The molecule has 2 amide bonds. The first kappa shape index (κ1) is 18.9. The molecule has 0 fully saturated rings. The number of aliphatic hydroxyl groups is 1. The lowest BCUT2D eigenvalue weighted by Gasteiger charge is -2.28. The maximum absolute atomic E-state index is 13.3. The maximum atomic E-state index is 13.3. The number of hydrogen-bond acceptors (Lipinski definition) is 5. The summed E-state index contributed by atoms with van der Waals surface area (Å²) < 4.78 is 55.3. The zero-order chi connectivity index (χ0) is 19.7. The van der Waals surface area contributed by atoms with Crippen molar-refractivity contribution in [3.8, 4) is 11.5 Å². The number of fused-ring (bicyclic) bond motifs is 1. The van der Waals surface area contributed by atoms with Gasteiger partial charge >= 0.3 is 12.2 Å². The number of amides is 2. The second-order valence-corrected chi connectivity index (χ2v) is 5.97. The number of ether oxygens (including phenoxy) is 2. The van der Waals surface area contributed by atoms with Crippen molar-refractivity contribution in [2.75, 3.05) is 18.7 Å². The van der Waals surface area contributed by atoms with Crippen molar-refractivity contribution in [3.63, 3.8) is 0 Å². The number of furan rings is 1. The van der Waals surface area contributed by atoms with Gasteiger partial charge in [-0.15, -0.1) is 0 Å². The van der Waals surface area contributed by atoms with Crippen molar-refractivity contribution >= 4 is 11.7 Å². The number of rotatable bonds is 5. The molecule has 0 spiro atoms. The molecule has 0 radical (unpaired) electrons. The molecule has 1 aromatic heterocycles. The predicted octanol–water partition coefficient (Wildman–Crippen LogP) is 3.28. The average molecular weight is 386 g/mol. The van der Waals surface area contributed by atoms with Crippen LogP contribution < -0.4 is 20.1 Å². The summed E-state index contributed by atoms with van der Waals surface area (Å²) >= 11 is 0. The van der Waals surface area contributed by atoms with Gasteiger partial charge in [0.15, 0.2) is 11.5 Å². The van der Waals surface area contributed by atoms with E-state index < -0.39 is 36.5 Å². The SMILES string of the molecule is Cc1ccc([C@](O)(CCNC(=O)Nc2ccc3c(c2)OCO3)C(F)(F)F)o1. The van der Waals surface area contributed by atoms with Crippen LogP contribution in [0.4, 0.5) is 23.7 Å². The summed E-state index contributed by atoms with van der Waals surface area (Å²) in [6.45, 7) is 1.11. The third kappa shape index (κ3) is 3.95. The fourth-order valence-corrected chi connectivity index (χ4v) is 2.57. The third-order valence-corrected chi connectivity index (χ3v) is 4.02. The van der Waals surface area contributed by atoms with E-state index in [-0.39, 0.29) is 12.6 Å². The van der Waals surface area contributed by atoms with E-state index in [1.807, 2.05) is 0 Å². The molecule has 1 aliphatic rings. The Morgan fingerprint density at radius 3 is 2.59 bits per heavy atom. The maximum Gasteiger partial charge on any atom is 0.424 e. The Morgan fingerprint density at radius 1 is 1.19 bits per heavy atom. The number of nitrogens with one attached hydrogen (secondary N) is 2. The molecule has 27 heavy (non-hydrogen) atoms. The summed E-state index contributed by atoms with van der Waals surface area (Å²) in [5.41, 5.74) is -2.82. The van der Waals surface area contributed by atoms with Gasteiger partial charge in [-0.2, -0.15) is 13.2 Å². The Morgan fingerprint density at radius 2 is 1.93 bits per heavy atom. The van der Waals surface area contributed by atoms with E-state index in [1.165, 1.54) is 19.1 Å². The molecule has 2 heterocycles. The Hall–Kier alpha value is -2.88. The molecule has 7 nitrogen and oxygen atoms in total. The molecule has 1 atom stereocenters. The van der Waals surface area contributed by atoms with Gasteiger partial charge in [0.1, 0.15) is 11.5 Å². The van der Waals surface area contributed by atoms with Crippen LogP contribution in [0.2, 0.25) is 0 Å². The van der Waals surface area contributed by atoms with Gasteiger partial charge in [0.25, 0.3) is 0 Å². The van der Waals surface area contributed by atoms with Crippen molar-refractivity contribution < 1.29 is 37.0 Å². The summed E-state index contributed by atoms with van der Waals surface area (Å²) in [4.78, 5) is 11.9. The summed E-state index contributed by atoms with van der Waals surface area (Å²) in [5.74, 6) is 0.601. The van der Waals surface area contributed by atoms with Gasteiger partial charge in [0.05, 0.1) is 0 Å². The van der Waals surface area contributed by atoms with Crippen molar-refractivity contribution in [2.45, 2.75) is 25.1 Å². The lowest BCUT2D eigenvalue weighted by molar-refractivity contribution is -0.274. The van der Waals surface area contributed by atoms with Crippen LogP contribution in [0.15, 0.2) is 34.7 Å². The minimum atomic E-state index is -4.97. The van der Waals surface area contributed by atoms with E-state index in [0.717, 1.165) is 6.07 Å². The fourth-order valence-electron chi connectivity index (χ4n) is 2.57. The van der Waals surface area contributed by atoms with Crippen LogP contribution in [-0.4, -0.2) is 30.7 Å². The molecule has 146 valence electrons. The van der Waals surface area contributed by atoms with Crippen molar-refractivity contribution in [1.29, 1.82) is 0 Å². The first-order valence-corrected chi connectivity index (χ1v) is 7.99. The predicted molar refractivity (Wildman–Crippen MR) is 87.6 cm³/mol. The molecule has 0 unspecified atom stereocenters. The average Bonchev–Trinajstić information content (AvgIpc) is 3.22. The van der Waals surface area contributed by atoms with Crippen LogP contribution in [0.3, 0.4) is 0 Å². The van der Waals surface area contributed by atoms with Crippen molar-refractivity contribution in [2.24, 2.45) is 0 Å². The Labute approximate surface area is 152 Å². The van der Waals surface area contributed by atoms with Crippen LogP contribution in [0.5, 0.6) is 11.5 Å². The number of carbonyl (C=O) groups is 1. The topological polar surface area (TPSA) is 93.0 Å². The number of benzene rings is 1. The van der Waals surface area contributed by atoms with Gasteiger partial charge in [-0.05, 0) is 31.2 Å². The molecule has 0 saturated heterocycles. The Bertz CT molecular complexity index is 836. The highest BCUT2D eigenvalue weighted by atomic mass is 19.4. The molecule has 1 aliphatic heterocycles. The highest BCUT2D eigenvalue weighted by Crippen LogP contribution is 2.42. The smallest absolute Gasteiger partial charge is 0.424 e. The molecular formula is C17H17F3N2O5. The quantitative estimate of drug-likeness (QED) is 0.733. The Kier molecular flexibility index (Phi) is 4.92. The van der Waals surface area contributed by atoms with E-state index in [0.29, 0.717) is 17.2 Å². The second kappa shape index (κ2) is 7.03. The summed E-state index contributed by atoms with van der Waals surface area (Å²) in [6.07, 6.45) is -5.77. The van der Waals surface area contributed by atoms with E-state index in [4.69, 9.17) is 13.9 Å². The number of urea groups is 1. The monoisotopic (exact) mass is 386 g/mol. The minimum Gasteiger partial charge on any atom is -0.463 e. The van der Waals surface area contributed by atoms with Gasteiger partial charge in [-0.1, -0.05) is 0 Å². The lowest BCUT2D eigenvalue weighted by Crippen LogP contribution is -2.45. The van der Waals surface area contributed by atoms with E-state index in [1.54, 1.807) is 12.1 Å². The lowest BCUT2D eigenvalue weighted by atomic mass is 9.96. The van der Waals surface area contributed by atoms with E-state index in [9.17, 15) is 23.1 Å². The zero-order valence-electron chi connectivity index (χ0n) is 14.2. The van der Waals surface area contributed by atoms with Gasteiger partial charge in [-0.3, -0.25) is 0 Å². The van der Waals surface area contributed by atoms with Gasteiger partial charge in [0.2, 0.25) is 12.4 Å². The molecule has 0 saturated carbocycles. The molecule has 0 aliphatic carbocycles. The number of halogens is 3. The molecule has 1 aromatic carbocycles. The highest BCUT2D eigenvalue weighted by Gasteiger charge is 2.56. The standard InChI is InChI=1S/C17H17F3N2O5/c1-10-2-5-14(27-10)16(24,17(18,19)20)6-7-21-15(23)22-11-3-4-12-13(8-11)26-9-25-12/h2-5,8,24H,6-7,9H2,1H3,(H2,21,22,23)/t16-/m1/s1. The Balaban J connectivity index is 1.59. The largest absolute Gasteiger partial charge is 0.463 e. The van der Waals surface area contributed by atoms with Gasteiger partial charge < -0.3 is 29.6 Å². The molecule has 3 N–H and O–H groups in total. The first-order chi connectivity index (χ1) is 12.7. The normalized spacial score (nSPS) is 15.3. The van der Waals surface area contributed by atoms with Crippen LogP contribution in [0.25, 0.3) is 0 Å². The summed E-state index contributed by atoms with van der Waals surface area (Å²) in [5, 5.41) is 14.9. The summed E-state index contributed by atoms with van der Waals surface area (Å²) in [7, 11) is 0. The molecule has 10 heteroatoms. The number of carbonyl (C=O) groups excluding carboxylic acids is 1. The van der Waals surface area contributed by atoms with Crippen LogP contribution in [0.1, 0.15) is 17.9 Å². The molecular weight excluding hydrogens is 369 g/mol. The van der Waals surface area contributed by atoms with Gasteiger partial charge in [0, 0.05) is 24.7 Å². The van der Waals surface area contributed by atoms with Crippen molar-refractivity contribution in [1.82, 2.24) is 5.32 Å². The van der Waals surface area contributed by atoms with Crippen LogP contribution in [0, 0.1) is 6.92 Å². The first-order valence-electron chi connectivity index (χ1n) is 7.99. The second-order valence-electron chi connectivity index (χ2n) is 5.97. The number of aryl methyl sites for hydroxylation is 1. The van der Waals surface area contributed by atoms with Crippen LogP contribution >= 0.6 is 0 Å². The number of hydrogen-bond donors (Lipinski definition) is 3. The third-order valence-electron chi connectivity index (χ3n) is 4.02. The van der Waals surface area contributed by atoms with Crippen molar-refractivity contribution in [3.05, 3.63) is 41.9 Å². The zero-order valence-corrected chi connectivity index (χ0v) is 14.2. The van der Waals surface area contributed by atoms with Gasteiger partial charge in [-0.25, -0.2) is 4.79 Å². The van der Waals surface area contributed by atoms with E-state index in [2.05, 4.69) is 10.6 Å². The molecule has 2 aromatic rings. The van der Waals surface area contributed by atoms with E-state index >= 15 is 0 Å². The molecule has 3 rings (SSSR count). The fraction of sp³-hybridized carbons (Fsp3) is 0.353. The summed E-state index contributed by atoms with van der Waals surface area (Å²) in [6, 6.07) is 6.35. The number of anilines is 1.